The molecule has 4 rings (SSSR count). The second-order valence-corrected chi connectivity index (χ2v) is 7.58. The van der Waals surface area contributed by atoms with Crippen LogP contribution in [0, 0.1) is 20.8 Å². The van der Waals surface area contributed by atoms with Gasteiger partial charge in [-0.15, -0.1) is 0 Å². The van der Waals surface area contributed by atoms with Crippen molar-refractivity contribution in [2.24, 2.45) is 0 Å². The number of amides is 1. The van der Waals surface area contributed by atoms with E-state index >= 15 is 0 Å². The summed E-state index contributed by atoms with van der Waals surface area (Å²) in [4.78, 5) is 23.5. The summed E-state index contributed by atoms with van der Waals surface area (Å²) in [5.41, 5.74) is 4.38. The lowest BCUT2D eigenvalue weighted by Crippen LogP contribution is -2.45. The van der Waals surface area contributed by atoms with Gasteiger partial charge in [0.25, 0.3) is 5.91 Å². The van der Waals surface area contributed by atoms with E-state index in [0.29, 0.717) is 18.9 Å². The predicted molar refractivity (Wildman–Crippen MR) is 107 cm³/mol. The number of carbonyl (C=O) groups is 1. The minimum absolute atomic E-state index is 0.251. The Bertz CT molecular complexity index is 843. The third-order valence-corrected chi connectivity index (χ3v) is 5.45. The molecule has 0 unspecified atom stereocenters. The van der Waals surface area contributed by atoms with Gasteiger partial charge in [-0.1, -0.05) is 17.7 Å². The van der Waals surface area contributed by atoms with Crippen LogP contribution < -0.4 is 10.2 Å². The molecule has 2 aliphatic rings. The van der Waals surface area contributed by atoms with Gasteiger partial charge in [-0.2, -0.15) is 0 Å². The van der Waals surface area contributed by atoms with Crippen LogP contribution in [-0.4, -0.2) is 48.0 Å². The molecule has 2 fully saturated rings. The third kappa shape index (κ3) is 3.72. The third-order valence-electron chi connectivity index (χ3n) is 5.45. The Morgan fingerprint density at radius 3 is 2.25 bits per heavy atom. The fourth-order valence-electron chi connectivity index (χ4n) is 4.02. The quantitative estimate of drug-likeness (QED) is 0.879. The van der Waals surface area contributed by atoms with Crippen LogP contribution in [0.25, 0.3) is 0 Å². The average Bonchev–Trinajstić information content (AvgIpc) is 3.13. The molecule has 7 nitrogen and oxygen atoms in total. The van der Waals surface area contributed by atoms with Crippen molar-refractivity contribution in [1.29, 1.82) is 0 Å². The number of rotatable bonds is 3. The molecule has 0 radical (unpaired) electrons. The smallest absolute Gasteiger partial charge is 0.275 e. The highest BCUT2D eigenvalue weighted by atomic mass is 16.7. The molecule has 0 saturated carbocycles. The average molecular weight is 382 g/mol. The van der Waals surface area contributed by atoms with Crippen LogP contribution in [0.2, 0.25) is 0 Å². The van der Waals surface area contributed by atoms with Crippen LogP contribution in [0.5, 0.6) is 0 Å². The summed E-state index contributed by atoms with van der Waals surface area (Å²) in [6, 6.07) is 4.11. The first-order valence-electron chi connectivity index (χ1n) is 9.70. The summed E-state index contributed by atoms with van der Waals surface area (Å²) >= 11 is 0. The fraction of sp³-hybridized carbons (Fsp3) is 0.476. The molecule has 1 aromatic heterocycles. The highest BCUT2D eigenvalue weighted by Crippen LogP contribution is 2.32. The Labute approximate surface area is 165 Å². The molecule has 0 bridgehead atoms. The summed E-state index contributed by atoms with van der Waals surface area (Å²) in [6.07, 6.45) is 4.82. The number of nitrogens with zero attached hydrogens (tertiary/aromatic N) is 3. The predicted octanol–water partition coefficient (Wildman–Crippen LogP) is 3.00. The van der Waals surface area contributed by atoms with Gasteiger partial charge in [0.1, 0.15) is 11.5 Å². The number of benzene rings is 1. The topological polar surface area (TPSA) is 76.6 Å². The van der Waals surface area contributed by atoms with Crippen molar-refractivity contribution in [2.45, 2.75) is 39.4 Å². The Kier molecular flexibility index (Phi) is 5.03. The molecule has 3 heterocycles. The minimum Gasteiger partial charge on any atom is -0.355 e. The van der Waals surface area contributed by atoms with Crippen LogP contribution >= 0.6 is 0 Å². The van der Waals surface area contributed by atoms with Gasteiger partial charge in [0, 0.05) is 31.6 Å². The summed E-state index contributed by atoms with van der Waals surface area (Å²) in [5, 5.41) is 2.97. The Balaban J connectivity index is 1.41. The first-order chi connectivity index (χ1) is 13.5. The van der Waals surface area contributed by atoms with Crippen molar-refractivity contribution in [1.82, 2.24) is 9.97 Å². The number of ether oxygens (including phenoxy) is 2. The van der Waals surface area contributed by atoms with E-state index in [1.807, 2.05) is 20.8 Å². The minimum atomic E-state index is -0.409. The number of carbonyl (C=O) groups excluding carboxylic acids is 1. The van der Waals surface area contributed by atoms with E-state index in [-0.39, 0.29) is 5.91 Å². The second-order valence-electron chi connectivity index (χ2n) is 7.58. The number of anilines is 2. The van der Waals surface area contributed by atoms with Gasteiger partial charge >= 0.3 is 0 Å². The Hall–Kier alpha value is -2.51. The summed E-state index contributed by atoms with van der Waals surface area (Å²) < 4.78 is 11.5. The lowest BCUT2D eigenvalue weighted by atomic mass is 10.0. The van der Waals surface area contributed by atoms with E-state index in [1.54, 1.807) is 6.20 Å². The highest BCUT2D eigenvalue weighted by molar-refractivity contribution is 6.03. The molecule has 1 N–H and O–H groups in total. The fourth-order valence-corrected chi connectivity index (χ4v) is 4.02. The number of hydrogen-bond donors (Lipinski definition) is 1. The van der Waals surface area contributed by atoms with Crippen molar-refractivity contribution in [3.8, 4) is 0 Å². The van der Waals surface area contributed by atoms with E-state index in [0.717, 1.165) is 48.6 Å². The monoisotopic (exact) mass is 382 g/mol. The number of nitrogens with one attached hydrogen (secondary N) is 1. The van der Waals surface area contributed by atoms with Gasteiger partial charge in [0.05, 0.1) is 25.6 Å². The van der Waals surface area contributed by atoms with E-state index in [1.165, 1.54) is 11.8 Å². The maximum absolute atomic E-state index is 12.6. The Morgan fingerprint density at radius 2 is 1.68 bits per heavy atom. The molecule has 1 aromatic carbocycles. The number of hydrogen-bond acceptors (Lipinski definition) is 6. The van der Waals surface area contributed by atoms with Crippen LogP contribution in [0.15, 0.2) is 24.5 Å². The molecule has 28 heavy (non-hydrogen) atoms. The molecular weight excluding hydrogens is 356 g/mol. The normalized spacial score (nSPS) is 18.5. The maximum atomic E-state index is 12.6. The number of aryl methyl sites for hydroxylation is 3. The molecule has 2 aromatic rings. The van der Waals surface area contributed by atoms with Gasteiger partial charge in [0.2, 0.25) is 0 Å². The van der Waals surface area contributed by atoms with Gasteiger partial charge in [-0.05, 0) is 31.9 Å². The van der Waals surface area contributed by atoms with Gasteiger partial charge in [-0.25, -0.2) is 9.97 Å². The lowest BCUT2D eigenvalue weighted by molar-refractivity contribution is -0.169. The zero-order chi connectivity index (χ0) is 19.7. The van der Waals surface area contributed by atoms with E-state index in [9.17, 15) is 4.79 Å². The summed E-state index contributed by atoms with van der Waals surface area (Å²) in [7, 11) is 0. The summed E-state index contributed by atoms with van der Waals surface area (Å²) in [6.45, 7) is 8.96. The van der Waals surface area contributed by atoms with Crippen molar-refractivity contribution in [2.75, 3.05) is 36.5 Å². The highest BCUT2D eigenvalue weighted by Gasteiger charge is 2.40. The molecule has 1 spiro atoms. The first-order valence-corrected chi connectivity index (χ1v) is 9.70. The second kappa shape index (κ2) is 7.48. The molecule has 2 aliphatic heterocycles. The Morgan fingerprint density at radius 1 is 1.04 bits per heavy atom. The SMILES string of the molecule is Cc1cc(C)c(NC(=O)c2cnc(N3CCC4(CC3)OCCO4)cn2)c(C)c1. The van der Waals surface area contributed by atoms with Crippen LogP contribution in [0.4, 0.5) is 11.5 Å². The zero-order valence-corrected chi connectivity index (χ0v) is 16.6. The lowest BCUT2D eigenvalue weighted by Gasteiger charge is -2.37. The number of piperidine rings is 1. The van der Waals surface area contributed by atoms with E-state index in [4.69, 9.17) is 9.47 Å². The van der Waals surface area contributed by atoms with E-state index in [2.05, 4.69) is 32.3 Å². The van der Waals surface area contributed by atoms with Crippen molar-refractivity contribution >= 4 is 17.4 Å². The van der Waals surface area contributed by atoms with Crippen molar-refractivity contribution in [3.05, 3.63) is 46.9 Å². The number of aromatic nitrogens is 2. The van der Waals surface area contributed by atoms with Crippen LogP contribution in [0.3, 0.4) is 0 Å². The zero-order valence-electron chi connectivity index (χ0n) is 16.6. The van der Waals surface area contributed by atoms with Crippen LogP contribution in [-0.2, 0) is 9.47 Å². The van der Waals surface area contributed by atoms with E-state index < -0.39 is 5.79 Å². The largest absolute Gasteiger partial charge is 0.355 e. The molecular formula is C21H26N4O3. The molecule has 2 saturated heterocycles. The van der Waals surface area contributed by atoms with Crippen LogP contribution in [0.1, 0.15) is 40.0 Å². The molecule has 0 atom stereocenters. The van der Waals surface area contributed by atoms with Gasteiger partial charge in [0.15, 0.2) is 5.79 Å². The first kappa shape index (κ1) is 18.8. The molecule has 148 valence electrons. The molecule has 7 heteroatoms. The van der Waals surface area contributed by atoms with Crippen molar-refractivity contribution in [3.63, 3.8) is 0 Å². The molecule has 1 amide bonds. The standard InChI is InChI=1S/C21H26N4O3/c1-14-10-15(2)19(16(3)11-14)24-20(26)17-12-23-18(13-22-17)25-6-4-21(5-7-25)27-8-9-28-21/h10-13H,4-9H2,1-3H3,(H,24,26). The molecule has 0 aliphatic carbocycles. The van der Waals surface area contributed by atoms with Crippen molar-refractivity contribution < 1.29 is 14.3 Å². The maximum Gasteiger partial charge on any atom is 0.275 e. The van der Waals surface area contributed by atoms with Gasteiger partial charge < -0.3 is 19.7 Å². The van der Waals surface area contributed by atoms with Gasteiger partial charge in [-0.3, -0.25) is 4.79 Å². The summed E-state index contributed by atoms with van der Waals surface area (Å²) in [5.74, 6) is 0.111.